The SMILES string of the molecule is CCCc1c(OCCCOc2ccc(C(C)=O)c(OC)c2CCC)ccc2c1OC(CCC(=O)OCC)CC2. The van der Waals surface area contributed by atoms with Crippen molar-refractivity contribution in [2.45, 2.75) is 91.6 Å². The lowest BCUT2D eigenvalue weighted by Gasteiger charge is -2.29. The van der Waals surface area contributed by atoms with Crippen molar-refractivity contribution < 1.29 is 33.3 Å². The van der Waals surface area contributed by atoms with E-state index in [1.807, 2.05) is 13.0 Å². The minimum Gasteiger partial charge on any atom is -0.496 e. The summed E-state index contributed by atoms with van der Waals surface area (Å²) in [5, 5.41) is 0. The van der Waals surface area contributed by atoms with Gasteiger partial charge in [0.25, 0.3) is 0 Å². The zero-order chi connectivity index (χ0) is 28.2. The molecule has 3 rings (SSSR count). The van der Waals surface area contributed by atoms with Crippen molar-refractivity contribution in [3.05, 3.63) is 46.5 Å². The molecule has 1 aliphatic heterocycles. The van der Waals surface area contributed by atoms with Gasteiger partial charge in [0.05, 0.1) is 38.6 Å². The van der Waals surface area contributed by atoms with Crippen molar-refractivity contribution in [3.8, 4) is 23.0 Å². The normalized spacial score (nSPS) is 14.2. The molecule has 0 saturated carbocycles. The van der Waals surface area contributed by atoms with Gasteiger partial charge in [0.2, 0.25) is 0 Å². The van der Waals surface area contributed by atoms with Crippen LogP contribution >= 0.6 is 0 Å². The van der Waals surface area contributed by atoms with Crippen LogP contribution in [0.3, 0.4) is 0 Å². The Bertz CT molecular complexity index is 1110. The molecule has 0 saturated heterocycles. The lowest BCUT2D eigenvalue weighted by molar-refractivity contribution is -0.143. The van der Waals surface area contributed by atoms with E-state index in [1.54, 1.807) is 20.1 Å². The number of Topliss-reactive ketones (excluding diaryl/α,β-unsaturated/α-hetero) is 1. The van der Waals surface area contributed by atoms with Gasteiger partial charge in [-0.3, -0.25) is 9.59 Å². The Labute approximate surface area is 233 Å². The third-order valence-electron chi connectivity index (χ3n) is 6.90. The summed E-state index contributed by atoms with van der Waals surface area (Å²) in [6, 6.07) is 7.79. The Balaban J connectivity index is 1.61. The van der Waals surface area contributed by atoms with Crippen molar-refractivity contribution in [1.82, 2.24) is 0 Å². The number of benzene rings is 2. The number of hydrogen-bond donors (Lipinski definition) is 0. The summed E-state index contributed by atoms with van der Waals surface area (Å²) in [7, 11) is 1.59. The standard InChI is InChI=1S/C32H44O7/c1-6-10-26-28(17-13-23-12-14-24(39-31(23)26)15-19-30(34)36-8-3)37-20-9-21-38-29-18-16-25(22(4)33)32(35-5)27(29)11-7-2/h13,16-18,24H,6-12,14-15,19-21H2,1-5H3. The minimum absolute atomic E-state index is 0.00450. The first-order valence-corrected chi connectivity index (χ1v) is 14.4. The maximum atomic E-state index is 12.0. The third kappa shape index (κ3) is 8.13. The minimum atomic E-state index is -0.171. The van der Waals surface area contributed by atoms with E-state index in [0.717, 1.165) is 66.9 Å². The molecule has 7 nitrogen and oxygen atoms in total. The van der Waals surface area contributed by atoms with Gasteiger partial charge in [0, 0.05) is 24.0 Å². The summed E-state index contributed by atoms with van der Waals surface area (Å²) in [5.74, 6) is 2.94. The second-order valence-corrected chi connectivity index (χ2v) is 9.88. The van der Waals surface area contributed by atoms with Crippen LogP contribution in [0.2, 0.25) is 0 Å². The average Bonchev–Trinajstić information content (AvgIpc) is 2.93. The Morgan fingerprint density at radius 3 is 2.26 bits per heavy atom. The van der Waals surface area contributed by atoms with Crippen LogP contribution in [-0.4, -0.2) is 44.8 Å². The predicted octanol–water partition coefficient (Wildman–Crippen LogP) is 6.69. The highest BCUT2D eigenvalue weighted by Crippen LogP contribution is 2.39. The van der Waals surface area contributed by atoms with Crippen LogP contribution in [0.25, 0.3) is 0 Å². The van der Waals surface area contributed by atoms with Gasteiger partial charge in [-0.1, -0.05) is 32.8 Å². The molecule has 0 amide bonds. The molecule has 0 radical (unpaired) electrons. The summed E-state index contributed by atoms with van der Waals surface area (Å²) < 4.78 is 29.4. The topological polar surface area (TPSA) is 80.3 Å². The van der Waals surface area contributed by atoms with E-state index in [1.165, 1.54) is 5.56 Å². The van der Waals surface area contributed by atoms with Crippen LogP contribution in [0, 0.1) is 0 Å². The number of rotatable bonds is 16. The molecule has 1 aliphatic rings. The number of hydrogen-bond acceptors (Lipinski definition) is 7. The molecule has 1 unspecified atom stereocenters. The summed E-state index contributed by atoms with van der Waals surface area (Å²) in [5.41, 5.74) is 3.82. The number of fused-ring (bicyclic) bond motifs is 1. The number of ether oxygens (including phenoxy) is 5. The zero-order valence-corrected chi connectivity index (χ0v) is 24.2. The van der Waals surface area contributed by atoms with E-state index in [4.69, 9.17) is 23.7 Å². The Kier molecular flexibility index (Phi) is 12.0. The highest BCUT2D eigenvalue weighted by atomic mass is 16.5. The number of carbonyl (C=O) groups is 2. The van der Waals surface area contributed by atoms with Crippen molar-refractivity contribution in [1.29, 1.82) is 0 Å². The fraction of sp³-hybridized carbons (Fsp3) is 0.562. The lowest BCUT2D eigenvalue weighted by atomic mass is 9.95. The Hall–Kier alpha value is -3.22. The molecule has 1 heterocycles. The number of ketones is 1. The highest BCUT2D eigenvalue weighted by molar-refractivity contribution is 5.97. The molecule has 2 aromatic rings. The van der Waals surface area contributed by atoms with Crippen molar-refractivity contribution in [2.75, 3.05) is 26.9 Å². The zero-order valence-electron chi connectivity index (χ0n) is 24.2. The largest absolute Gasteiger partial charge is 0.496 e. The number of methoxy groups -OCH3 is 1. The van der Waals surface area contributed by atoms with Crippen LogP contribution in [0.5, 0.6) is 23.0 Å². The molecule has 2 aromatic carbocycles. The van der Waals surface area contributed by atoms with Crippen LogP contribution in [0.4, 0.5) is 0 Å². The van der Waals surface area contributed by atoms with Gasteiger partial charge in [-0.05, 0) is 69.7 Å². The van der Waals surface area contributed by atoms with Gasteiger partial charge < -0.3 is 23.7 Å². The first kappa shape index (κ1) is 30.3. The molecule has 214 valence electrons. The molecule has 0 bridgehead atoms. The number of carbonyl (C=O) groups excluding carboxylic acids is 2. The van der Waals surface area contributed by atoms with Crippen LogP contribution < -0.4 is 18.9 Å². The van der Waals surface area contributed by atoms with Crippen molar-refractivity contribution in [2.24, 2.45) is 0 Å². The molecule has 0 fully saturated rings. The molecular weight excluding hydrogens is 496 g/mol. The molecular formula is C32H44O7. The fourth-order valence-electron chi connectivity index (χ4n) is 5.05. The predicted molar refractivity (Wildman–Crippen MR) is 152 cm³/mol. The molecule has 7 heteroatoms. The first-order valence-electron chi connectivity index (χ1n) is 14.4. The number of aryl methyl sites for hydroxylation is 1. The maximum Gasteiger partial charge on any atom is 0.305 e. The second kappa shape index (κ2) is 15.4. The number of esters is 1. The molecule has 0 N–H and O–H groups in total. The Morgan fingerprint density at radius 1 is 0.949 bits per heavy atom. The summed E-state index contributed by atoms with van der Waals surface area (Å²) >= 11 is 0. The average molecular weight is 541 g/mol. The molecule has 0 aliphatic carbocycles. The first-order chi connectivity index (χ1) is 18.9. The molecule has 0 aromatic heterocycles. The summed E-state index contributed by atoms with van der Waals surface area (Å²) in [4.78, 5) is 23.8. The van der Waals surface area contributed by atoms with Crippen molar-refractivity contribution in [3.63, 3.8) is 0 Å². The van der Waals surface area contributed by atoms with Crippen molar-refractivity contribution >= 4 is 11.8 Å². The van der Waals surface area contributed by atoms with Gasteiger partial charge >= 0.3 is 5.97 Å². The molecule has 0 spiro atoms. The lowest BCUT2D eigenvalue weighted by Crippen LogP contribution is -2.25. The second-order valence-electron chi connectivity index (χ2n) is 9.88. The highest BCUT2D eigenvalue weighted by Gasteiger charge is 2.25. The third-order valence-corrected chi connectivity index (χ3v) is 6.90. The maximum absolute atomic E-state index is 12.0. The summed E-state index contributed by atoms with van der Waals surface area (Å²) in [6.07, 6.45) is 7.09. The van der Waals surface area contributed by atoms with Crippen LogP contribution in [0.15, 0.2) is 24.3 Å². The molecule has 1 atom stereocenters. The van der Waals surface area contributed by atoms with Gasteiger partial charge in [-0.25, -0.2) is 0 Å². The quantitative estimate of drug-likeness (QED) is 0.133. The van der Waals surface area contributed by atoms with Crippen LogP contribution in [-0.2, 0) is 28.8 Å². The van der Waals surface area contributed by atoms with E-state index in [0.29, 0.717) is 50.4 Å². The molecule has 39 heavy (non-hydrogen) atoms. The van der Waals surface area contributed by atoms with Gasteiger partial charge in [0.15, 0.2) is 5.78 Å². The fourth-order valence-corrected chi connectivity index (χ4v) is 5.05. The van der Waals surface area contributed by atoms with E-state index in [9.17, 15) is 9.59 Å². The van der Waals surface area contributed by atoms with E-state index in [2.05, 4.69) is 26.0 Å². The Morgan fingerprint density at radius 2 is 1.62 bits per heavy atom. The van der Waals surface area contributed by atoms with Gasteiger partial charge in [-0.15, -0.1) is 0 Å². The monoisotopic (exact) mass is 540 g/mol. The van der Waals surface area contributed by atoms with Gasteiger partial charge in [0.1, 0.15) is 23.0 Å². The van der Waals surface area contributed by atoms with E-state index in [-0.39, 0.29) is 17.9 Å². The summed E-state index contributed by atoms with van der Waals surface area (Å²) in [6.45, 7) is 9.01. The smallest absolute Gasteiger partial charge is 0.305 e. The van der Waals surface area contributed by atoms with Crippen LogP contribution in [0.1, 0.15) is 93.3 Å². The van der Waals surface area contributed by atoms with E-state index >= 15 is 0 Å². The van der Waals surface area contributed by atoms with E-state index < -0.39 is 0 Å². The van der Waals surface area contributed by atoms with Gasteiger partial charge in [-0.2, -0.15) is 0 Å².